The van der Waals surface area contributed by atoms with Crippen LogP contribution in [0.2, 0.25) is 0 Å². The lowest BCUT2D eigenvalue weighted by Gasteiger charge is -2.21. The lowest BCUT2D eigenvalue weighted by atomic mass is 10.0. The molecule has 600 valence electrons. The van der Waals surface area contributed by atoms with Crippen molar-refractivity contribution >= 4 is 33.6 Å². The van der Waals surface area contributed by atoms with Gasteiger partial charge in [0.15, 0.2) is 6.10 Å². The summed E-state index contributed by atoms with van der Waals surface area (Å²) in [5.41, 5.74) is 0. The van der Waals surface area contributed by atoms with Gasteiger partial charge in [0, 0.05) is 19.3 Å². The molecule has 0 fully saturated rings. The topological polar surface area (TPSA) is 231 Å². The molecule has 0 rings (SSSR count). The molecule has 0 radical (unpaired) electrons. The van der Waals surface area contributed by atoms with Gasteiger partial charge in [-0.05, 0) is 148 Å². The van der Waals surface area contributed by atoms with E-state index in [9.17, 15) is 43.5 Å². The first-order valence-electron chi connectivity index (χ1n) is 40.8. The number of hydrogen-bond acceptors (Lipinski definition) is 14. The summed E-state index contributed by atoms with van der Waals surface area (Å²) in [6, 6.07) is 0. The summed E-state index contributed by atoms with van der Waals surface area (Å²) in [4.78, 5) is 58.8. The van der Waals surface area contributed by atoms with E-state index in [0.717, 1.165) is 173 Å². The Morgan fingerprint density at radius 2 is 0.505 bits per heavy atom. The van der Waals surface area contributed by atoms with Gasteiger partial charge >= 0.3 is 33.6 Å². The van der Waals surface area contributed by atoms with Crippen molar-refractivity contribution in [1.82, 2.24) is 0 Å². The van der Waals surface area contributed by atoms with Crippen molar-refractivity contribution < 1.29 is 75.8 Å². The first-order chi connectivity index (χ1) is 51.2. The first-order valence-corrected chi connectivity index (χ1v) is 43.8. The van der Waals surface area contributed by atoms with E-state index in [1.54, 1.807) is 0 Å². The third-order valence-electron chi connectivity index (χ3n) is 16.7. The second-order valence-corrected chi connectivity index (χ2v) is 29.7. The predicted octanol–water partition coefficient (Wildman–Crippen LogP) is 24.2. The maximum Gasteiger partial charge on any atom is 0.472 e. The van der Waals surface area contributed by atoms with E-state index in [1.807, 2.05) is 0 Å². The number of allylic oxidation sites excluding steroid dienone is 26. The smallest absolute Gasteiger partial charge is 0.463 e. The van der Waals surface area contributed by atoms with Crippen LogP contribution in [0.1, 0.15) is 316 Å². The molecule has 4 N–H and O–H groups in total. The molecular weight excluding hydrogens is 1360 g/mol. The van der Waals surface area contributed by atoms with Crippen LogP contribution in [0, 0.1) is 0 Å². The highest BCUT2D eigenvalue weighted by atomic mass is 31.2. The number of phosphoric ester groups is 2. The average molecular weight is 1510 g/mol. The van der Waals surface area contributed by atoms with Crippen molar-refractivity contribution in [3.63, 3.8) is 0 Å². The highest BCUT2D eigenvalue weighted by molar-refractivity contribution is 7.47. The summed E-state index contributed by atoms with van der Waals surface area (Å²) in [5.74, 6) is -1.61. The molecule has 0 aliphatic heterocycles. The van der Waals surface area contributed by atoms with Gasteiger partial charge in [-0.2, -0.15) is 0 Å². The van der Waals surface area contributed by atoms with E-state index in [4.69, 9.17) is 32.3 Å². The van der Waals surface area contributed by atoms with E-state index < -0.39 is 91.5 Å². The zero-order valence-corrected chi connectivity index (χ0v) is 67.4. The molecule has 16 nitrogen and oxygen atoms in total. The van der Waals surface area contributed by atoms with Crippen molar-refractivity contribution in [3.05, 3.63) is 158 Å². The Labute approximate surface area is 638 Å². The number of unbranched alkanes of at least 4 members (excludes halogenated alkanes) is 27. The molecule has 0 bridgehead atoms. The van der Waals surface area contributed by atoms with Crippen LogP contribution >= 0.6 is 15.6 Å². The average Bonchev–Trinajstić information content (AvgIpc) is 0.911. The molecule has 0 aliphatic rings. The van der Waals surface area contributed by atoms with E-state index >= 15 is 0 Å². The van der Waals surface area contributed by atoms with Crippen molar-refractivity contribution in [3.8, 4) is 0 Å². The molecule has 0 aromatic heterocycles. The van der Waals surface area contributed by atoms with Crippen molar-refractivity contribution in [1.29, 1.82) is 0 Å². The van der Waals surface area contributed by atoms with Gasteiger partial charge in [0.1, 0.15) is 25.4 Å². The second kappa shape index (κ2) is 78.7. The fourth-order valence-electron chi connectivity index (χ4n) is 10.6. The largest absolute Gasteiger partial charge is 0.472 e. The molecule has 0 aromatic carbocycles. The van der Waals surface area contributed by atoms with E-state index in [-0.39, 0.29) is 19.3 Å². The fraction of sp³-hybridized carbons (Fsp3) is 0.667. The summed E-state index contributed by atoms with van der Waals surface area (Å²) in [6.07, 6.45) is 98.5. The minimum absolute atomic E-state index is 0.0793. The minimum atomic E-state index is -4.95. The zero-order valence-electron chi connectivity index (χ0n) is 65.6. The molecule has 105 heavy (non-hydrogen) atoms. The summed E-state index contributed by atoms with van der Waals surface area (Å²) < 4.78 is 61.2. The number of carbonyl (C=O) groups is 3. The SMILES string of the molecule is CC/C=C\C/C=C\C/C=C\C/C=C\C/C=C\CCCCCCCCCCCCCCCC(=O)OCC(O)COP(=O)(O)OCC(O)COP(=O)(O)OCC(COC(=O)CCCCCCC/C=C\C/C=C\C/C=C\C/C=C\CCCCC)OC(=O)CCCCCCCC/C=C\C/C=C\C/C=C\C/C=C\CC. The number of rotatable bonds is 76. The monoisotopic (exact) mass is 1510 g/mol. The van der Waals surface area contributed by atoms with Crippen molar-refractivity contribution in [2.24, 2.45) is 0 Å². The van der Waals surface area contributed by atoms with Crippen molar-refractivity contribution in [2.45, 2.75) is 334 Å². The van der Waals surface area contributed by atoms with Gasteiger partial charge in [-0.1, -0.05) is 307 Å². The van der Waals surface area contributed by atoms with Crippen molar-refractivity contribution in [2.75, 3.05) is 39.6 Å². The Kier molecular flexibility index (Phi) is 75.1. The molecule has 5 atom stereocenters. The normalized spacial score (nSPS) is 14.8. The van der Waals surface area contributed by atoms with Gasteiger partial charge in [0.25, 0.3) is 0 Å². The molecule has 0 saturated carbocycles. The molecule has 0 aliphatic carbocycles. The summed E-state index contributed by atoms with van der Waals surface area (Å²) in [7, 11) is -9.81. The molecule has 0 saturated heterocycles. The molecular formula is C87H146O16P2. The standard InChI is InChI=1S/C87H146O16P2/c1-4-7-10-13-16-19-22-25-28-31-34-36-37-38-39-40-41-42-43-45-48-49-52-55-58-61-64-67-70-73-85(90)97-76-82(88)77-99-104(93,94)100-78-83(89)79-101-105(95,96)102-81-84(103-87(92)75-72-69-66-63-60-57-54-51-46-33-30-27-24-21-18-15-12-9-6-3)80-98-86(91)74-71-68-65-62-59-56-53-50-47-44-35-32-29-26-23-20-17-14-11-8-5-2/h7,9-10,12,16-21,25-30,34-36,38-39,44,46,50-51,53,82-84,88-89H,4-6,8,11,13-15,22-24,31-33,37,40-43,45,47-49,52,54-81H2,1-3H3,(H,93,94)(H,95,96)/b10-7-,12-9-,19-16-,20-17-,21-18-,28-25-,29-26-,30-27-,36-34-,39-38-,44-35-,51-46-,53-50-. The van der Waals surface area contributed by atoms with Crippen LogP contribution in [0.25, 0.3) is 0 Å². The number of aliphatic hydroxyl groups excluding tert-OH is 2. The van der Waals surface area contributed by atoms with Gasteiger partial charge in [0.05, 0.1) is 26.4 Å². The number of hydrogen-bond donors (Lipinski definition) is 4. The fourth-order valence-corrected chi connectivity index (χ4v) is 12.2. The summed E-state index contributed by atoms with van der Waals surface area (Å²) in [5, 5.41) is 20.7. The zero-order chi connectivity index (χ0) is 76.6. The summed E-state index contributed by atoms with van der Waals surface area (Å²) in [6.45, 7) is 2.40. The Bertz CT molecular complexity index is 2540. The molecule has 0 spiro atoms. The Morgan fingerprint density at radius 3 is 0.800 bits per heavy atom. The van der Waals surface area contributed by atoms with Gasteiger partial charge in [-0.25, -0.2) is 9.13 Å². The molecule has 5 unspecified atom stereocenters. The van der Waals surface area contributed by atoms with Crippen LogP contribution in [0.15, 0.2) is 158 Å². The van der Waals surface area contributed by atoms with E-state index in [1.165, 1.54) is 83.5 Å². The van der Waals surface area contributed by atoms with Crippen LogP contribution in [0.3, 0.4) is 0 Å². The highest BCUT2D eigenvalue weighted by Gasteiger charge is 2.29. The number of aliphatic hydroxyl groups is 2. The number of ether oxygens (including phenoxy) is 3. The predicted molar refractivity (Wildman–Crippen MR) is 435 cm³/mol. The van der Waals surface area contributed by atoms with Crippen LogP contribution in [-0.2, 0) is 55.8 Å². The summed E-state index contributed by atoms with van der Waals surface area (Å²) >= 11 is 0. The van der Waals surface area contributed by atoms with E-state index in [2.05, 4.69) is 179 Å². The maximum absolute atomic E-state index is 13.0. The highest BCUT2D eigenvalue weighted by Crippen LogP contribution is 2.45. The second-order valence-electron chi connectivity index (χ2n) is 26.8. The van der Waals surface area contributed by atoms with Gasteiger partial charge in [-0.15, -0.1) is 0 Å². The third-order valence-corrected chi connectivity index (χ3v) is 18.6. The first kappa shape index (κ1) is 100. The van der Waals surface area contributed by atoms with Crippen LogP contribution in [-0.4, -0.2) is 95.9 Å². The molecule has 18 heteroatoms. The Hall–Kier alpha value is -4.83. The van der Waals surface area contributed by atoms with Gasteiger partial charge in [0.2, 0.25) is 0 Å². The minimum Gasteiger partial charge on any atom is -0.463 e. The van der Waals surface area contributed by atoms with Crippen LogP contribution in [0.4, 0.5) is 0 Å². The Morgan fingerprint density at radius 1 is 0.276 bits per heavy atom. The lowest BCUT2D eigenvalue weighted by Crippen LogP contribution is -2.30. The number of phosphoric acid groups is 2. The maximum atomic E-state index is 13.0. The quantitative estimate of drug-likeness (QED) is 0.0146. The lowest BCUT2D eigenvalue weighted by molar-refractivity contribution is -0.161. The van der Waals surface area contributed by atoms with E-state index in [0.29, 0.717) is 19.3 Å². The molecule has 0 aromatic rings. The van der Waals surface area contributed by atoms with Crippen LogP contribution < -0.4 is 0 Å². The van der Waals surface area contributed by atoms with Gasteiger partial charge < -0.3 is 34.2 Å². The third kappa shape index (κ3) is 80.0. The number of carbonyl (C=O) groups excluding carboxylic acids is 3. The van der Waals surface area contributed by atoms with Gasteiger partial charge in [-0.3, -0.25) is 32.5 Å². The molecule has 0 amide bonds. The Balaban J connectivity index is 4.62. The number of esters is 3. The molecule has 0 heterocycles. The van der Waals surface area contributed by atoms with Crippen LogP contribution in [0.5, 0.6) is 0 Å².